The highest BCUT2D eigenvalue weighted by Crippen LogP contribution is 2.45. The van der Waals surface area contributed by atoms with Crippen molar-refractivity contribution in [3.8, 4) is 0 Å². The lowest BCUT2D eigenvalue weighted by atomic mass is 9.71. The molecule has 2 fully saturated rings. The molecule has 1 unspecified atom stereocenters. The standard InChI is InChI=1S/C21H25F2N5O2/c1-15-5-3-6-16(25-15)11-27-9-4-7-20(19(27)30)12-21(22,23)14-28(13-20)18(29)17-24-8-10-26(17)2/h3,5-6,8,10H,4,7,9,11-14H2,1-2H3. The Balaban J connectivity index is 1.60. The fourth-order valence-corrected chi connectivity index (χ4v) is 4.66. The van der Waals surface area contributed by atoms with E-state index in [9.17, 15) is 18.4 Å². The van der Waals surface area contributed by atoms with Crippen molar-refractivity contribution in [1.29, 1.82) is 0 Å². The second-order valence-electron chi connectivity index (χ2n) is 8.44. The number of amides is 2. The summed E-state index contributed by atoms with van der Waals surface area (Å²) in [5.41, 5.74) is 0.275. The second kappa shape index (κ2) is 7.45. The van der Waals surface area contributed by atoms with Crippen molar-refractivity contribution in [2.24, 2.45) is 12.5 Å². The molecule has 0 aromatic carbocycles. The van der Waals surface area contributed by atoms with E-state index in [-0.39, 0.29) is 24.8 Å². The largest absolute Gasteiger partial charge is 0.336 e. The number of hydrogen-bond acceptors (Lipinski definition) is 4. The molecule has 2 amide bonds. The summed E-state index contributed by atoms with van der Waals surface area (Å²) in [5.74, 6) is -3.95. The molecule has 4 rings (SSSR count). The molecule has 4 heterocycles. The van der Waals surface area contributed by atoms with Gasteiger partial charge in [-0.1, -0.05) is 6.07 Å². The van der Waals surface area contributed by atoms with Gasteiger partial charge in [0.05, 0.1) is 24.2 Å². The van der Waals surface area contributed by atoms with E-state index in [1.807, 2.05) is 25.1 Å². The van der Waals surface area contributed by atoms with Gasteiger partial charge in [0.1, 0.15) is 0 Å². The smallest absolute Gasteiger partial charge is 0.290 e. The van der Waals surface area contributed by atoms with E-state index in [1.54, 1.807) is 18.1 Å². The van der Waals surface area contributed by atoms with Crippen LogP contribution in [0.1, 0.15) is 41.3 Å². The summed E-state index contributed by atoms with van der Waals surface area (Å²) in [6.45, 7) is 1.92. The number of aromatic nitrogens is 3. The lowest BCUT2D eigenvalue weighted by Crippen LogP contribution is -2.62. The van der Waals surface area contributed by atoms with Gasteiger partial charge in [-0.25, -0.2) is 13.8 Å². The van der Waals surface area contributed by atoms with Gasteiger partial charge in [0.25, 0.3) is 11.8 Å². The average molecular weight is 417 g/mol. The highest BCUT2D eigenvalue weighted by molar-refractivity contribution is 5.92. The minimum absolute atomic E-state index is 0.0230. The summed E-state index contributed by atoms with van der Waals surface area (Å²) in [6, 6.07) is 5.56. The molecule has 2 aromatic heterocycles. The van der Waals surface area contributed by atoms with Gasteiger partial charge in [-0.05, 0) is 31.9 Å². The number of nitrogens with zero attached hydrogens (tertiary/aromatic N) is 5. The fraction of sp³-hybridized carbons (Fsp3) is 0.524. The third kappa shape index (κ3) is 3.80. The van der Waals surface area contributed by atoms with Gasteiger partial charge in [0.15, 0.2) is 5.82 Å². The van der Waals surface area contributed by atoms with Crippen molar-refractivity contribution in [2.75, 3.05) is 19.6 Å². The zero-order valence-corrected chi connectivity index (χ0v) is 17.1. The number of carbonyl (C=O) groups excluding carboxylic acids is 2. The minimum atomic E-state index is -3.14. The molecular formula is C21H25F2N5O2. The first-order valence-corrected chi connectivity index (χ1v) is 10.1. The molecular weight excluding hydrogens is 392 g/mol. The van der Waals surface area contributed by atoms with E-state index < -0.39 is 30.2 Å². The average Bonchev–Trinajstić information content (AvgIpc) is 3.10. The normalized spacial score (nSPS) is 23.8. The van der Waals surface area contributed by atoms with Gasteiger partial charge in [-0.15, -0.1) is 0 Å². The van der Waals surface area contributed by atoms with Crippen LogP contribution in [0.25, 0.3) is 0 Å². The maximum Gasteiger partial charge on any atom is 0.290 e. The highest BCUT2D eigenvalue weighted by atomic mass is 19.3. The Kier molecular flexibility index (Phi) is 5.07. The number of carbonyl (C=O) groups is 2. The molecule has 0 radical (unpaired) electrons. The van der Waals surface area contributed by atoms with Crippen LogP contribution in [0.5, 0.6) is 0 Å². The van der Waals surface area contributed by atoms with Crippen LogP contribution in [0.2, 0.25) is 0 Å². The number of piperidine rings is 2. The molecule has 2 aromatic rings. The van der Waals surface area contributed by atoms with E-state index in [0.717, 1.165) is 16.3 Å². The predicted molar refractivity (Wildman–Crippen MR) is 105 cm³/mol. The zero-order chi connectivity index (χ0) is 21.5. The van der Waals surface area contributed by atoms with Crippen molar-refractivity contribution in [1.82, 2.24) is 24.3 Å². The quantitative estimate of drug-likeness (QED) is 0.769. The third-order valence-corrected chi connectivity index (χ3v) is 5.94. The predicted octanol–water partition coefficient (Wildman–Crippen LogP) is 2.41. The van der Waals surface area contributed by atoms with E-state index in [4.69, 9.17) is 0 Å². The lowest BCUT2D eigenvalue weighted by molar-refractivity contribution is -0.166. The Bertz CT molecular complexity index is 976. The number of aryl methyl sites for hydroxylation is 2. The van der Waals surface area contributed by atoms with E-state index >= 15 is 0 Å². The van der Waals surface area contributed by atoms with Crippen LogP contribution in [0.4, 0.5) is 8.78 Å². The first-order chi connectivity index (χ1) is 14.2. The van der Waals surface area contributed by atoms with Crippen molar-refractivity contribution < 1.29 is 18.4 Å². The van der Waals surface area contributed by atoms with Crippen LogP contribution in [-0.4, -0.2) is 61.7 Å². The van der Waals surface area contributed by atoms with E-state index in [0.29, 0.717) is 19.4 Å². The first kappa shape index (κ1) is 20.4. The summed E-state index contributed by atoms with van der Waals surface area (Å²) in [6.07, 6.45) is 3.45. The Morgan fingerprint density at radius 3 is 2.77 bits per heavy atom. The maximum absolute atomic E-state index is 14.8. The summed E-state index contributed by atoms with van der Waals surface area (Å²) in [4.78, 5) is 37.4. The van der Waals surface area contributed by atoms with E-state index in [1.165, 1.54) is 10.8 Å². The Hall–Kier alpha value is -2.84. The fourth-order valence-electron chi connectivity index (χ4n) is 4.66. The monoisotopic (exact) mass is 417 g/mol. The van der Waals surface area contributed by atoms with Gasteiger partial charge in [-0.3, -0.25) is 14.6 Å². The van der Waals surface area contributed by atoms with Crippen LogP contribution in [0, 0.1) is 12.3 Å². The topological polar surface area (TPSA) is 71.3 Å². The van der Waals surface area contributed by atoms with Crippen molar-refractivity contribution in [2.45, 2.75) is 38.7 Å². The van der Waals surface area contributed by atoms with Crippen LogP contribution >= 0.6 is 0 Å². The van der Waals surface area contributed by atoms with Crippen molar-refractivity contribution in [3.63, 3.8) is 0 Å². The number of rotatable bonds is 3. The van der Waals surface area contributed by atoms with Gasteiger partial charge >= 0.3 is 0 Å². The molecule has 7 nitrogen and oxygen atoms in total. The summed E-state index contributed by atoms with van der Waals surface area (Å²) in [7, 11) is 1.64. The lowest BCUT2D eigenvalue weighted by Gasteiger charge is -2.49. The molecule has 160 valence electrons. The molecule has 2 aliphatic heterocycles. The minimum Gasteiger partial charge on any atom is -0.336 e. The van der Waals surface area contributed by atoms with Crippen molar-refractivity contribution in [3.05, 3.63) is 47.8 Å². The Morgan fingerprint density at radius 2 is 2.07 bits per heavy atom. The molecule has 2 saturated heterocycles. The molecule has 0 saturated carbocycles. The molecule has 0 aliphatic carbocycles. The SMILES string of the molecule is Cc1cccc(CN2CCCC3(CN(C(=O)c4nccn4C)CC(F)(F)C3)C2=O)n1. The Morgan fingerprint density at radius 1 is 1.27 bits per heavy atom. The second-order valence-corrected chi connectivity index (χ2v) is 8.44. The van der Waals surface area contributed by atoms with Crippen LogP contribution in [-0.2, 0) is 18.4 Å². The molecule has 9 heteroatoms. The third-order valence-electron chi connectivity index (χ3n) is 5.94. The molecule has 1 atom stereocenters. The number of halogens is 2. The summed E-state index contributed by atoms with van der Waals surface area (Å²) in [5, 5.41) is 0. The molecule has 0 N–H and O–H groups in total. The highest BCUT2D eigenvalue weighted by Gasteiger charge is 2.56. The number of hydrogen-bond donors (Lipinski definition) is 0. The van der Waals surface area contributed by atoms with Gasteiger partial charge < -0.3 is 14.4 Å². The molecule has 30 heavy (non-hydrogen) atoms. The van der Waals surface area contributed by atoms with Crippen LogP contribution < -0.4 is 0 Å². The number of imidazole rings is 1. The van der Waals surface area contributed by atoms with Crippen LogP contribution in [0.3, 0.4) is 0 Å². The maximum atomic E-state index is 14.8. The molecule has 2 aliphatic rings. The van der Waals surface area contributed by atoms with Crippen molar-refractivity contribution >= 4 is 11.8 Å². The van der Waals surface area contributed by atoms with Crippen LogP contribution in [0.15, 0.2) is 30.6 Å². The Labute approximate surface area is 173 Å². The number of pyridine rings is 1. The number of likely N-dealkylation sites (tertiary alicyclic amines) is 2. The molecule has 0 bridgehead atoms. The van der Waals surface area contributed by atoms with E-state index in [2.05, 4.69) is 9.97 Å². The number of alkyl halides is 2. The first-order valence-electron chi connectivity index (χ1n) is 10.1. The van der Waals surface area contributed by atoms with Gasteiger partial charge in [0, 0.05) is 44.6 Å². The van der Waals surface area contributed by atoms with Gasteiger partial charge in [-0.2, -0.15) is 0 Å². The summed E-state index contributed by atoms with van der Waals surface area (Å²) >= 11 is 0. The zero-order valence-electron chi connectivity index (χ0n) is 17.1. The molecule has 1 spiro atoms. The van der Waals surface area contributed by atoms with Gasteiger partial charge in [0.2, 0.25) is 5.91 Å². The summed E-state index contributed by atoms with van der Waals surface area (Å²) < 4.78 is 31.0.